The van der Waals surface area contributed by atoms with Crippen molar-refractivity contribution in [2.45, 2.75) is 26.8 Å². The summed E-state index contributed by atoms with van der Waals surface area (Å²) in [7, 11) is 0. The molecule has 3 heteroatoms. The van der Waals surface area contributed by atoms with Crippen LogP contribution in [-0.2, 0) is 13.0 Å². The summed E-state index contributed by atoms with van der Waals surface area (Å²) in [5.41, 5.74) is 3.45. The van der Waals surface area contributed by atoms with Crippen LogP contribution in [-0.4, -0.2) is 18.3 Å². The Morgan fingerprint density at radius 3 is 2.43 bits per heavy atom. The molecule has 0 atom stereocenters. The van der Waals surface area contributed by atoms with Crippen LogP contribution in [0.5, 0.6) is 11.5 Å². The third kappa shape index (κ3) is 4.59. The summed E-state index contributed by atoms with van der Waals surface area (Å²) < 4.78 is 5.97. The average molecular weight is 285 g/mol. The molecule has 0 bridgehead atoms. The molecule has 0 amide bonds. The number of hydrogen-bond donors (Lipinski definition) is 2. The zero-order chi connectivity index (χ0) is 15.1. The zero-order valence-electron chi connectivity index (χ0n) is 12.7. The lowest BCUT2D eigenvalue weighted by Crippen LogP contribution is -2.11. The van der Waals surface area contributed by atoms with E-state index in [2.05, 4.69) is 30.4 Å². The highest BCUT2D eigenvalue weighted by atomic mass is 16.5. The molecule has 112 valence electrons. The second-order valence-electron chi connectivity index (χ2n) is 5.10. The van der Waals surface area contributed by atoms with E-state index >= 15 is 0 Å². The van der Waals surface area contributed by atoms with Gasteiger partial charge in [0.05, 0.1) is 0 Å². The van der Waals surface area contributed by atoms with Gasteiger partial charge in [-0.1, -0.05) is 31.2 Å². The third-order valence-corrected chi connectivity index (χ3v) is 3.38. The van der Waals surface area contributed by atoms with E-state index in [1.807, 2.05) is 31.2 Å². The van der Waals surface area contributed by atoms with Gasteiger partial charge < -0.3 is 15.2 Å². The molecule has 0 aliphatic heterocycles. The zero-order valence-corrected chi connectivity index (χ0v) is 12.7. The van der Waals surface area contributed by atoms with Crippen molar-refractivity contribution >= 4 is 0 Å². The predicted molar refractivity (Wildman–Crippen MR) is 85.9 cm³/mol. The number of hydrogen-bond acceptors (Lipinski definition) is 3. The van der Waals surface area contributed by atoms with Gasteiger partial charge in [-0.2, -0.15) is 0 Å². The molecule has 3 nitrogen and oxygen atoms in total. The maximum atomic E-state index is 8.92. The summed E-state index contributed by atoms with van der Waals surface area (Å²) >= 11 is 0. The fourth-order valence-corrected chi connectivity index (χ4v) is 2.11. The lowest BCUT2D eigenvalue weighted by Gasteiger charge is -2.11. The van der Waals surface area contributed by atoms with Crippen LogP contribution in [0, 0.1) is 6.92 Å². The van der Waals surface area contributed by atoms with Crippen LogP contribution in [0.2, 0.25) is 0 Å². The Labute approximate surface area is 126 Å². The molecule has 0 fully saturated rings. The Morgan fingerprint density at radius 2 is 1.76 bits per heavy atom. The van der Waals surface area contributed by atoms with Gasteiger partial charge in [0.2, 0.25) is 0 Å². The molecule has 2 aromatic carbocycles. The number of aliphatic hydroxyl groups is 1. The molecule has 2 aromatic rings. The predicted octanol–water partition coefficient (Wildman–Crippen LogP) is 3.43. The quantitative estimate of drug-likeness (QED) is 0.819. The van der Waals surface area contributed by atoms with Crippen LogP contribution in [0.1, 0.15) is 23.6 Å². The smallest absolute Gasteiger partial charge is 0.130 e. The van der Waals surface area contributed by atoms with E-state index in [4.69, 9.17) is 9.84 Å². The second kappa shape index (κ2) is 7.81. The number of aryl methyl sites for hydroxylation is 1. The van der Waals surface area contributed by atoms with Crippen molar-refractivity contribution < 1.29 is 9.84 Å². The van der Waals surface area contributed by atoms with Crippen molar-refractivity contribution in [3.63, 3.8) is 0 Å². The van der Waals surface area contributed by atoms with Gasteiger partial charge >= 0.3 is 0 Å². The van der Waals surface area contributed by atoms with Crippen molar-refractivity contribution in [2.75, 3.05) is 13.2 Å². The van der Waals surface area contributed by atoms with Gasteiger partial charge in [-0.15, -0.1) is 0 Å². The van der Waals surface area contributed by atoms with Gasteiger partial charge in [-0.05, 0) is 54.8 Å². The van der Waals surface area contributed by atoms with Crippen molar-refractivity contribution in [3.8, 4) is 11.5 Å². The molecule has 0 radical (unpaired) electrons. The summed E-state index contributed by atoms with van der Waals surface area (Å²) in [6.45, 7) is 6.12. The Balaban J connectivity index is 2.10. The lowest BCUT2D eigenvalue weighted by atomic mass is 10.1. The Kier molecular flexibility index (Phi) is 5.78. The molecular weight excluding hydrogens is 262 g/mol. The molecule has 0 aromatic heterocycles. The average Bonchev–Trinajstić information content (AvgIpc) is 2.50. The van der Waals surface area contributed by atoms with Crippen molar-refractivity contribution in [3.05, 3.63) is 59.2 Å². The van der Waals surface area contributed by atoms with Crippen molar-refractivity contribution in [1.82, 2.24) is 5.32 Å². The maximum Gasteiger partial charge on any atom is 0.130 e. The van der Waals surface area contributed by atoms with E-state index in [1.54, 1.807) is 0 Å². The molecule has 0 spiro atoms. The van der Waals surface area contributed by atoms with Gasteiger partial charge in [-0.3, -0.25) is 0 Å². The number of aliphatic hydroxyl groups excluding tert-OH is 1. The summed E-state index contributed by atoms with van der Waals surface area (Å²) in [5, 5.41) is 12.2. The maximum absolute atomic E-state index is 8.92. The summed E-state index contributed by atoms with van der Waals surface area (Å²) in [4.78, 5) is 0. The summed E-state index contributed by atoms with van der Waals surface area (Å²) in [5.74, 6) is 1.71. The first-order chi connectivity index (χ1) is 10.2. The van der Waals surface area contributed by atoms with Gasteiger partial charge in [0.15, 0.2) is 0 Å². The molecule has 0 heterocycles. The van der Waals surface area contributed by atoms with E-state index < -0.39 is 0 Å². The Hall–Kier alpha value is -1.84. The molecular formula is C18H23NO2. The second-order valence-corrected chi connectivity index (χ2v) is 5.10. The SMILES string of the molecule is CCNCc1ccc(C)c(Oc2ccc(CCO)cc2)c1. The van der Waals surface area contributed by atoms with Gasteiger partial charge in [0.1, 0.15) is 11.5 Å². The van der Waals surface area contributed by atoms with Crippen LogP contribution in [0.15, 0.2) is 42.5 Å². The van der Waals surface area contributed by atoms with Crippen LogP contribution in [0.25, 0.3) is 0 Å². The van der Waals surface area contributed by atoms with Crippen molar-refractivity contribution in [1.29, 1.82) is 0 Å². The Bertz CT molecular complexity index is 564. The topological polar surface area (TPSA) is 41.5 Å². The Morgan fingerprint density at radius 1 is 1.05 bits per heavy atom. The summed E-state index contributed by atoms with van der Waals surface area (Å²) in [6.07, 6.45) is 0.678. The minimum atomic E-state index is 0.172. The third-order valence-electron chi connectivity index (χ3n) is 3.38. The number of ether oxygens (including phenoxy) is 1. The van der Waals surface area contributed by atoms with E-state index in [9.17, 15) is 0 Å². The first-order valence-electron chi connectivity index (χ1n) is 7.41. The number of benzene rings is 2. The van der Waals surface area contributed by atoms with E-state index in [0.717, 1.165) is 35.7 Å². The first kappa shape index (κ1) is 15.5. The van der Waals surface area contributed by atoms with Crippen molar-refractivity contribution in [2.24, 2.45) is 0 Å². The minimum Gasteiger partial charge on any atom is -0.457 e. The van der Waals surface area contributed by atoms with Gasteiger partial charge in [0, 0.05) is 13.2 Å². The highest BCUT2D eigenvalue weighted by Gasteiger charge is 2.04. The van der Waals surface area contributed by atoms with Crippen LogP contribution in [0.4, 0.5) is 0 Å². The molecule has 0 aliphatic carbocycles. The molecule has 0 unspecified atom stereocenters. The van der Waals surface area contributed by atoms with Crippen LogP contribution in [0.3, 0.4) is 0 Å². The fourth-order valence-electron chi connectivity index (χ4n) is 2.11. The van der Waals surface area contributed by atoms with E-state index in [1.165, 1.54) is 5.56 Å². The molecule has 2 N–H and O–H groups in total. The first-order valence-corrected chi connectivity index (χ1v) is 7.41. The lowest BCUT2D eigenvalue weighted by molar-refractivity contribution is 0.299. The normalized spacial score (nSPS) is 10.6. The highest BCUT2D eigenvalue weighted by molar-refractivity contribution is 5.40. The number of nitrogens with one attached hydrogen (secondary N) is 1. The summed E-state index contributed by atoms with van der Waals surface area (Å²) in [6, 6.07) is 14.2. The van der Waals surface area contributed by atoms with Gasteiger partial charge in [-0.25, -0.2) is 0 Å². The minimum absolute atomic E-state index is 0.172. The molecule has 2 rings (SSSR count). The molecule has 0 saturated carbocycles. The monoisotopic (exact) mass is 285 g/mol. The largest absolute Gasteiger partial charge is 0.457 e. The fraction of sp³-hybridized carbons (Fsp3) is 0.333. The van der Waals surface area contributed by atoms with Crippen LogP contribution >= 0.6 is 0 Å². The molecule has 0 saturated heterocycles. The van der Waals surface area contributed by atoms with E-state index in [0.29, 0.717) is 6.42 Å². The van der Waals surface area contributed by atoms with Crippen LogP contribution < -0.4 is 10.1 Å². The molecule has 0 aliphatic rings. The standard InChI is InChI=1S/C18H23NO2/c1-3-19-13-16-5-4-14(2)18(12-16)21-17-8-6-15(7-9-17)10-11-20/h4-9,12,19-20H,3,10-11,13H2,1-2H3. The number of rotatable bonds is 7. The molecule has 21 heavy (non-hydrogen) atoms. The van der Waals surface area contributed by atoms with E-state index in [-0.39, 0.29) is 6.61 Å². The highest BCUT2D eigenvalue weighted by Crippen LogP contribution is 2.26. The van der Waals surface area contributed by atoms with Gasteiger partial charge in [0.25, 0.3) is 0 Å².